The second-order valence-corrected chi connectivity index (χ2v) is 7.64. The van der Waals surface area contributed by atoms with E-state index in [0.717, 1.165) is 36.3 Å². The molecule has 6 nitrogen and oxygen atoms in total. The molecule has 1 aliphatic rings. The molecule has 0 saturated carbocycles. The van der Waals surface area contributed by atoms with Crippen LogP contribution in [0.2, 0.25) is 0 Å². The number of H-pyrrole nitrogens is 1. The quantitative estimate of drug-likeness (QED) is 0.407. The van der Waals surface area contributed by atoms with E-state index in [1.54, 1.807) is 0 Å². The van der Waals surface area contributed by atoms with Crippen LogP contribution in [0.1, 0.15) is 56.6 Å². The Hall–Kier alpha value is -2.28. The van der Waals surface area contributed by atoms with Crippen LogP contribution in [-0.4, -0.2) is 28.2 Å². The number of carbonyl (C=O) groups is 1. The van der Waals surface area contributed by atoms with E-state index in [9.17, 15) is 9.59 Å². The standard InChI is InChI=1S/C20H25N3O3S/c1-3-5-11-27-20-22-18-17(19(25)23-20)15(12-16(24)21-18)13-6-8-14(9-7-13)26-10-4-2/h6-9,15H,3-5,10-12H2,1-2H3,(H2,21,22,23,24,25). The van der Waals surface area contributed by atoms with Crippen molar-refractivity contribution in [3.05, 3.63) is 45.7 Å². The number of carbonyl (C=O) groups excluding carboxylic acids is 1. The van der Waals surface area contributed by atoms with E-state index in [2.05, 4.69) is 29.1 Å². The van der Waals surface area contributed by atoms with Crippen molar-refractivity contribution in [3.63, 3.8) is 0 Å². The topological polar surface area (TPSA) is 84.1 Å². The largest absolute Gasteiger partial charge is 0.494 e. The summed E-state index contributed by atoms with van der Waals surface area (Å²) < 4.78 is 5.61. The van der Waals surface area contributed by atoms with Crippen LogP contribution >= 0.6 is 11.8 Å². The normalized spacial score (nSPS) is 15.9. The van der Waals surface area contributed by atoms with Gasteiger partial charge in [-0.2, -0.15) is 0 Å². The third-order valence-electron chi connectivity index (χ3n) is 4.42. The number of thioether (sulfide) groups is 1. The van der Waals surface area contributed by atoms with Gasteiger partial charge in [-0.15, -0.1) is 0 Å². The Bertz CT molecular complexity index is 849. The fourth-order valence-electron chi connectivity index (χ4n) is 3.03. The van der Waals surface area contributed by atoms with Gasteiger partial charge in [-0.1, -0.05) is 44.2 Å². The van der Waals surface area contributed by atoms with Crippen LogP contribution in [0.3, 0.4) is 0 Å². The highest BCUT2D eigenvalue weighted by Gasteiger charge is 2.30. The van der Waals surface area contributed by atoms with Gasteiger partial charge in [-0.05, 0) is 30.5 Å². The van der Waals surface area contributed by atoms with E-state index in [1.165, 1.54) is 11.8 Å². The van der Waals surface area contributed by atoms with Crippen molar-refractivity contribution in [2.45, 2.75) is 50.6 Å². The molecule has 1 amide bonds. The Kier molecular flexibility index (Phi) is 6.55. The SMILES string of the molecule is CCCCSc1nc2c(c(=O)[nH]1)C(c1ccc(OCCC)cc1)CC(=O)N2. The van der Waals surface area contributed by atoms with E-state index >= 15 is 0 Å². The molecule has 2 heterocycles. The number of unbranched alkanes of at least 4 members (excludes halogenated alkanes) is 1. The molecule has 144 valence electrons. The number of ether oxygens (including phenoxy) is 1. The summed E-state index contributed by atoms with van der Waals surface area (Å²) in [6, 6.07) is 7.60. The van der Waals surface area contributed by atoms with E-state index in [-0.39, 0.29) is 23.8 Å². The molecule has 1 aromatic heterocycles. The third kappa shape index (κ3) is 4.71. The molecular formula is C20H25N3O3S. The number of benzene rings is 1. The van der Waals surface area contributed by atoms with Crippen LogP contribution in [0.5, 0.6) is 5.75 Å². The summed E-state index contributed by atoms with van der Waals surface area (Å²) in [5.74, 6) is 1.62. The highest BCUT2D eigenvalue weighted by Crippen LogP contribution is 2.35. The maximum absolute atomic E-state index is 12.7. The lowest BCUT2D eigenvalue weighted by Crippen LogP contribution is -2.31. The molecule has 1 aliphatic heterocycles. The van der Waals surface area contributed by atoms with Crippen LogP contribution in [0, 0.1) is 0 Å². The molecule has 1 unspecified atom stereocenters. The third-order valence-corrected chi connectivity index (χ3v) is 5.38. The fourth-order valence-corrected chi connectivity index (χ4v) is 3.98. The zero-order valence-electron chi connectivity index (χ0n) is 15.7. The average molecular weight is 388 g/mol. The van der Waals surface area contributed by atoms with Crippen molar-refractivity contribution >= 4 is 23.5 Å². The first-order chi connectivity index (χ1) is 13.1. The number of hydrogen-bond donors (Lipinski definition) is 2. The number of anilines is 1. The Morgan fingerprint density at radius 1 is 1.19 bits per heavy atom. The Labute approximate surface area is 163 Å². The second kappa shape index (κ2) is 9.08. The van der Waals surface area contributed by atoms with Gasteiger partial charge in [0.1, 0.15) is 11.6 Å². The Morgan fingerprint density at radius 3 is 2.67 bits per heavy atom. The van der Waals surface area contributed by atoms with Gasteiger partial charge in [0.05, 0.1) is 12.2 Å². The van der Waals surface area contributed by atoms with Gasteiger partial charge in [-0.25, -0.2) is 4.98 Å². The van der Waals surface area contributed by atoms with E-state index < -0.39 is 0 Å². The van der Waals surface area contributed by atoms with E-state index in [0.29, 0.717) is 23.1 Å². The molecule has 3 rings (SSSR count). The summed E-state index contributed by atoms with van der Waals surface area (Å²) in [7, 11) is 0. The summed E-state index contributed by atoms with van der Waals surface area (Å²) in [5, 5.41) is 3.31. The van der Waals surface area contributed by atoms with Gasteiger partial charge in [-0.3, -0.25) is 9.59 Å². The molecule has 0 radical (unpaired) electrons. The number of fused-ring (bicyclic) bond motifs is 1. The first-order valence-corrected chi connectivity index (χ1v) is 10.4. The number of aromatic nitrogens is 2. The van der Waals surface area contributed by atoms with Crippen molar-refractivity contribution < 1.29 is 9.53 Å². The summed E-state index contributed by atoms with van der Waals surface area (Å²) in [6.07, 6.45) is 3.30. The molecular weight excluding hydrogens is 362 g/mol. The number of rotatable bonds is 8. The smallest absolute Gasteiger partial charge is 0.257 e. The lowest BCUT2D eigenvalue weighted by atomic mass is 9.87. The highest BCUT2D eigenvalue weighted by molar-refractivity contribution is 7.99. The maximum Gasteiger partial charge on any atom is 0.257 e. The second-order valence-electron chi connectivity index (χ2n) is 6.56. The first-order valence-electron chi connectivity index (χ1n) is 9.42. The van der Waals surface area contributed by atoms with Gasteiger partial charge < -0.3 is 15.0 Å². The van der Waals surface area contributed by atoms with Crippen LogP contribution in [0.15, 0.2) is 34.2 Å². The molecule has 0 bridgehead atoms. The van der Waals surface area contributed by atoms with Crippen LogP contribution in [0.4, 0.5) is 5.82 Å². The average Bonchev–Trinajstić information content (AvgIpc) is 2.66. The minimum atomic E-state index is -0.306. The van der Waals surface area contributed by atoms with Gasteiger partial charge >= 0.3 is 0 Å². The molecule has 2 N–H and O–H groups in total. The molecule has 0 spiro atoms. The molecule has 0 aliphatic carbocycles. The minimum Gasteiger partial charge on any atom is -0.494 e. The number of nitrogens with zero attached hydrogens (tertiary/aromatic N) is 1. The maximum atomic E-state index is 12.7. The molecule has 2 aromatic rings. The van der Waals surface area contributed by atoms with E-state index in [4.69, 9.17) is 4.74 Å². The lowest BCUT2D eigenvalue weighted by molar-refractivity contribution is -0.116. The molecule has 1 aromatic carbocycles. The number of hydrogen-bond acceptors (Lipinski definition) is 5. The molecule has 27 heavy (non-hydrogen) atoms. The van der Waals surface area contributed by atoms with Gasteiger partial charge in [0.15, 0.2) is 5.16 Å². The van der Waals surface area contributed by atoms with Gasteiger partial charge in [0.2, 0.25) is 5.91 Å². The number of amides is 1. The lowest BCUT2D eigenvalue weighted by Gasteiger charge is -2.24. The Balaban J connectivity index is 1.89. The zero-order chi connectivity index (χ0) is 19.2. The Morgan fingerprint density at radius 2 is 1.96 bits per heavy atom. The summed E-state index contributed by atoms with van der Waals surface area (Å²) in [4.78, 5) is 32.3. The predicted octanol–water partition coefficient (Wildman–Crippen LogP) is 3.93. The monoisotopic (exact) mass is 387 g/mol. The van der Waals surface area contributed by atoms with Gasteiger partial charge in [0, 0.05) is 18.1 Å². The van der Waals surface area contributed by atoms with Crippen molar-refractivity contribution in [3.8, 4) is 5.75 Å². The van der Waals surface area contributed by atoms with Crippen molar-refractivity contribution in [1.29, 1.82) is 0 Å². The van der Waals surface area contributed by atoms with Crippen LogP contribution in [-0.2, 0) is 4.79 Å². The predicted molar refractivity (Wildman–Crippen MR) is 108 cm³/mol. The van der Waals surface area contributed by atoms with Crippen LogP contribution in [0.25, 0.3) is 0 Å². The summed E-state index contributed by atoms with van der Waals surface area (Å²) in [5.41, 5.74) is 1.25. The minimum absolute atomic E-state index is 0.124. The van der Waals surface area contributed by atoms with Crippen LogP contribution < -0.4 is 15.6 Å². The fraction of sp³-hybridized carbons (Fsp3) is 0.450. The zero-order valence-corrected chi connectivity index (χ0v) is 16.5. The number of nitrogens with one attached hydrogen (secondary N) is 2. The van der Waals surface area contributed by atoms with Crippen molar-refractivity contribution in [2.75, 3.05) is 17.7 Å². The summed E-state index contributed by atoms with van der Waals surface area (Å²) in [6.45, 7) is 4.84. The van der Waals surface area contributed by atoms with Crippen molar-refractivity contribution in [2.24, 2.45) is 0 Å². The van der Waals surface area contributed by atoms with Gasteiger partial charge in [0.25, 0.3) is 5.56 Å². The summed E-state index contributed by atoms with van der Waals surface area (Å²) >= 11 is 1.51. The molecule has 1 atom stereocenters. The molecule has 0 saturated heterocycles. The van der Waals surface area contributed by atoms with E-state index in [1.807, 2.05) is 24.3 Å². The van der Waals surface area contributed by atoms with Crippen molar-refractivity contribution in [1.82, 2.24) is 9.97 Å². The highest BCUT2D eigenvalue weighted by atomic mass is 32.2. The number of aromatic amines is 1. The molecule has 0 fully saturated rings. The first kappa shape index (κ1) is 19.5. The molecule has 7 heteroatoms.